The van der Waals surface area contributed by atoms with Gasteiger partial charge in [0.1, 0.15) is 24.7 Å². The highest BCUT2D eigenvalue weighted by Crippen LogP contribution is 2.32. The van der Waals surface area contributed by atoms with Gasteiger partial charge in [0.15, 0.2) is 11.4 Å². The molecule has 0 aliphatic heterocycles. The topological polar surface area (TPSA) is 55.5 Å². The Morgan fingerprint density at radius 2 is 1.16 bits per heavy atom. The van der Waals surface area contributed by atoms with Crippen LogP contribution in [0.4, 0.5) is 11.4 Å². The molecule has 0 atom stereocenters. The van der Waals surface area contributed by atoms with E-state index in [0.29, 0.717) is 37.8 Å². The Hall–Kier alpha value is -5.06. The first kappa shape index (κ1) is 31.4. The van der Waals surface area contributed by atoms with Crippen LogP contribution in [0, 0.1) is 13.1 Å². The molecule has 4 aromatic carbocycles. The highest BCUT2D eigenvalue weighted by atomic mass is 79.9. The van der Waals surface area contributed by atoms with E-state index in [9.17, 15) is 0 Å². The smallest absolute Gasteiger partial charge is 0.188 e. The number of benzene rings is 4. The summed E-state index contributed by atoms with van der Waals surface area (Å²) in [7, 11) is 3.31. The minimum Gasteiger partial charge on any atom is -0.491 e. The van der Waals surface area contributed by atoms with E-state index in [2.05, 4.69) is 34.8 Å². The van der Waals surface area contributed by atoms with Gasteiger partial charge >= 0.3 is 0 Å². The number of aromatic nitrogens is 2. The molecule has 0 saturated carbocycles. The van der Waals surface area contributed by atoms with Crippen molar-refractivity contribution in [2.75, 3.05) is 40.6 Å². The van der Waals surface area contributed by atoms with Gasteiger partial charge < -0.3 is 28.1 Å². The number of fused-ring (bicyclic) bond motifs is 2. The summed E-state index contributed by atoms with van der Waals surface area (Å²) in [6, 6.07) is 29.3. The molecule has 0 aliphatic rings. The van der Waals surface area contributed by atoms with Crippen molar-refractivity contribution in [1.29, 1.82) is 0 Å². The molecule has 0 fully saturated rings. The van der Waals surface area contributed by atoms with E-state index in [-0.39, 0.29) is 0 Å². The summed E-state index contributed by atoms with van der Waals surface area (Å²) < 4.78 is 26.2. The normalized spacial score (nSPS) is 10.6. The average molecular weight is 664 g/mol. The number of hydrogen-bond donors (Lipinski definition) is 0. The zero-order chi connectivity index (χ0) is 31.6. The van der Waals surface area contributed by atoms with Crippen LogP contribution in [0.1, 0.15) is 0 Å². The molecule has 0 saturated heterocycles. The Morgan fingerprint density at radius 1 is 0.622 bits per heavy atom. The summed E-state index contributed by atoms with van der Waals surface area (Å²) >= 11 is 3.57. The van der Waals surface area contributed by atoms with Crippen LogP contribution in [0.3, 0.4) is 0 Å². The van der Waals surface area contributed by atoms with E-state index in [1.807, 2.05) is 103 Å². The molecule has 9 heteroatoms. The lowest BCUT2D eigenvalue weighted by Crippen LogP contribution is -2.04. The molecule has 0 unspecified atom stereocenters. The Labute approximate surface area is 270 Å². The van der Waals surface area contributed by atoms with Crippen LogP contribution in [-0.4, -0.2) is 49.8 Å². The van der Waals surface area contributed by atoms with Crippen LogP contribution < -0.4 is 9.47 Å². The number of ether oxygens (including phenoxy) is 4. The molecule has 6 rings (SSSR count). The predicted octanol–water partition coefficient (Wildman–Crippen LogP) is 9.18. The summed E-state index contributed by atoms with van der Waals surface area (Å²) in [4.78, 5) is 6.95. The Bertz CT molecular complexity index is 1970. The van der Waals surface area contributed by atoms with E-state index >= 15 is 0 Å². The van der Waals surface area contributed by atoms with Crippen molar-refractivity contribution in [3.8, 4) is 22.9 Å². The monoisotopic (exact) mass is 662 g/mol. The Kier molecular flexibility index (Phi) is 10.5. The van der Waals surface area contributed by atoms with Crippen LogP contribution in [0.2, 0.25) is 0 Å². The van der Waals surface area contributed by atoms with Gasteiger partial charge in [0.2, 0.25) is 0 Å². The van der Waals surface area contributed by atoms with Crippen molar-refractivity contribution < 1.29 is 18.9 Å². The van der Waals surface area contributed by atoms with Crippen molar-refractivity contribution in [2.45, 2.75) is 0 Å². The van der Waals surface area contributed by atoms with Crippen molar-refractivity contribution in [3.05, 3.63) is 131 Å². The Morgan fingerprint density at radius 3 is 1.71 bits per heavy atom. The van der Waals surface area contributed by atoms with E-state index in [4.69, 9.17) is 32.1 Å². The van der Waals surface area contributed by atoms with Gasteiger partial charge in [0.25, 0.3) is 0 Å². The van der Waals surface area contributed by atoms with Gasteiger partial charge in [-0.25, -0.2) is 9.69 Å². The summed E-state index contributed by atoms with van der Waals surface area (Å²) in [6.45, 7) is 16.4. The van der Waals surface area contributed by atoms with Crippen LogP contribution in [0.25, 0.3) is 42.9 Å². The largest absolute Gasteiger partial charge is 0.491 e. The van der Waals surface area contributed by atoms with E-state index < -0.39 is 0 Å². The van der Waals surface area contributed by atoms with Gasteiger partial charge in [0.05, 0.1) is 37.4 Å². The van der Waals surface area contributed by atoms with Crippen molar-refractivity contribution in [1.82, 2.24) is 9.13 Å². The summed E-state index contributed by atoms with van der Waals surface area (Å²) in [5.41, 5.74) is 5.53. The molecule has 0 amide bonds. The van der Waals surface area contributed by atoms with E-state index in [1.165, 1.54) is 0 Å². The first-order chi connectivity index (χ1) is 22.0. The van der Waals surface area contributed by atoms with Crippen molar-refractivity contribution in [2.24, 2.45) is 0 Å². The maximum absolute atomic E-state index is 7.13. The van der Waals surface area contributed by atoms with Crippen molar-refractivity contribution >= 4 is 49.1 Å². The maximum Gasteiger partial charge on any atom is 0.188 e. The number of methoxy groups -OCH3 is 2. The Balaban J connectivity index is 0.000000178. The molecule has 0 bridgehead atoms. The van der Waals surface area contributed by atoms with Gasteiger partial charge in [-0.15, -0.1) is 0 Å². The highest BCUT2D eigenvalue weighted by molar-refractivity contribution is 9.10. The maximum atomic E-state index is 7.13. The molecule has 0 radical (unpaired) electrons. The average Bonchev–Trinajstić information content (AvgIpc) is 3.66. The molecule has 226 valence electrons. The fourth-order valence-corrected chi connectivity index (χ4v) is 5.30. The quantitative estimate of drug-likeness (QED) is 0.108. The third kappa shape index (κ3) is 7.54. The standard InChI is InChI=1S/C18H15BrN2O2.C18H16N2O2/c1-20-13-3-8-18-16(11-13)17(19)12-21(18)14-4-6-15(7-5-14)23-10-9-22-2;1-19-15-3-8-18-14(13-15)9-10-20(18)16-4-6-17(7-5-16)22-12-11-21-2/h3-8,11-12H,9-10H2,2H3;3-10,13H,11-12H2,2H3. The van der Waals surface area contributed by atoms with Crippen LogP contribution in [0.5, 0.6) is 11.5 Å². The molecular weight excluding hydrogens is 632 g/mol. The van der Waals surface area contributed by atoms with Crippen LogP contribution in [-0.2, 0) is 9.47 Å². The molecule has 2 heterocycles. The first-order valence-electron chi connectivity index (χ1n) is 14.2. The van der Waals surface area contributed by atoms with Crippen LogP contribution in [0.15, 0.2) is 108 Å². The lowest BCUT2D eigenvalue weighted by molar-refractivity contribution is 0.146. The molecule has 0 N–H and O–H groups in total. The van der Waals surface area contributed by atoms with Crippen LogP contribution >= 0.6 is 15.9 Å². The van der Waals surface area contributed by atoms with Gasteiger partial charge in [-0.3, -0.25) is 0 Å². The first-order valence-corrected chi connectivity index (χ1v) is 14.9. The molecule has 6 aromatic rings. The molecule has 0 aliphatic carbocycles. The fraction of sp³-hybridized carbons (Fsp3) is 0.167. The molecule has 0 spiro atoms. The lowest BCUT2D eigenvalue weighted by Gasteiger charge is -2.08. The second kappa shape index (κ2) is 15.1. The number of halogens is 1. The van der Waals surface area contributed by atoms with Gasteiger partial charge in [-0.1, -0.05) is 12.1 Å². The third-order valence-corrected chi connectivity index (χ3v) is 7.65. The van der Waals surface area contributed by atoms with Gasteiger partial charge in [-0.2, -0.15) is 0 Å². The number of hydrogen-bond acceptors (Lipinski definition) is 4. The highest BCUT2D eigenvalue weighted by Gasteiger charge is 2.09. The van der Waals surface area contributed by atoms with E-state index in [0.717, 1.165) is 49.2 Å². The fourth-order valence-electron chi connectivity index (χ4n) is 4.78. The second-order valence-electron chi connectivity index (χ2n) is 9.87. The number of rotatable bonds is 10. The van der Waals surface area contributed by atoms with E-state index in [1.54, 1.807) is 14.2 Å². The summed E-state index contributed by atoms with van der Waals surface area (Å²) in [6.07, 6.45) is 4.03. The number of nitrogens with zero attached hydrogens (tertiary/aromatic N) is 4. The molecular formula is C36H31BrN4O4. The minimum atomic E-state index is 0.535. The predicted molar refractivity (Wildman–Crippen MR) is 182 cm³/mol. The lowest BCUT2D eigenvalue weighted by atomic mass is 10.2. The third-order valence-electron chi connectivity index (χ3n) is 7.01. The summed E-state index contributed by atoms with van der Waals surface area (Å²) in [5, 5.41) is 2.09. The zero-order valence-corrected chi connectivity index (χ0v) is 26.5. The zero-order valence-electron chi connectivity index (χ0n) is 24.9. The summed E-state index contributed by atoms with van der Waals surface area (Å²) in [5.74, 6) is 1.64. The minimum absolute atomic E-state index is 0.535. The molecule has 2 aromatic heterocycles. The second-order valence-corrected chi connectivity index (χ2v) is 10.7. The van der Waals surface area contributed by atoms with Crippen molar-refractivity contribution in [3.63, 3.8) is 0 Å². The van der Waals surface area contributed by atoms with Gasteiger partial charge in [-0.05, 0) is 100 Å². The van der Waals surface area contributed by atoms with Gasteiger partial charge in [0, 0.05) is 47.8 Å². The molecule has 8 nitrogen and oxygen atoms in total. The molecule has 45 heavy (non-hydrogen) atoms. The SMILES string of the molecule is [C-]#[N+]c1ccc2c(c1)c(Br)cn2-c1ccc(OCCOC)cc1.[C-]#[N+]c1ccc2c(ccn2-c2ccc(OCCOC)cc2)c1.